The summed E-state index contributed by atoms with van der Waals surface area (Å²) in [6.45, 7) is 1.87. The van der Waals surface area contributed by atoms with Crippen molar-refractivity contribution in [3.05, 3.63) is 27.5 Å². The van der Waals surface area contributed by atoms with Gasteiger partial charge in [-0.2, -0.15) is 0 Å². The summed E-state index contributed by atoms with van der Waals surface area (Å²) in [7, 11) is 0. The summed E-state index contributed by atoms with van der Waals surface area (Å²) in [5.74, 6) is -1.46. The summed E-state index contributed by atoms with van der Waals surface area (Å²) < 4.78 is 0. The molecule has 0 bridgehead atoms. The molecule has 82 valence electrons. The van der Waals surface area contributed by atoms with Crippen molar-refractivity contribution in [1.82, 2.24) is 0 Å². The third-order valence-corrected chi connectivity index (χ3v) is 3.31. The number of Topliss-reactive ketones (excluding diaryl/α,β-unsaturated/α-hetero) is 3. The molecule has 1 aliphatic carbocycles. The van der Waals surface area contributed by atoms with Crippen LogP contribution in [0.1, 0.15) is 35.0 Å². The van der Waals surface area contributed by atoms with Crippen LogP contribution < -0.4 is 0 Å². The molecule has 0 aliphatic heterocycles. The summed E-state index contributed by atoms with van der Waals surface area (Å²) in [6.07, 6.45) is 2.53. The van der Waals surface area contributed by atoms with Crippen LogP contribution in [0, 0.1) is 0 Å². The van der Waals surface area contributed by atoms with Crippen molar-refractivity contribution in [3.8, 4) is 0 Å². The van der Waals surface area contributed by atoms with E-state index in [0.717, 1.165) is 0 Å². The average Bonchev–Trinajstić information content (AvgIpc) is 2.71. The molecule has 0 unspecified atom stereocenters. The van der Waals surface area contributed by atoms with Gasteiger partial charge in [0.15, 0.2) is 5.78 Å². The molecule has 0 saturated carbocycles. The van der Waals surface area contributed by atoms with E-state index in [4.69, 9.17) is 0 Å². The lowest BCUT2D eigenvalue weighted by Gasteiger charge is -2.09. The average molecular weight is 234 g/mol. The molecule has 1 aromatic rings. The Kier molecular flexibility index (Phi) is 2.83. The Morgan fingerprint density at radius 1 is 1.31 bits per heavy atom. The van der Waals surface area contributed by atoms with Crippen LogP contribution in [0.25, 0.3) is 6.08 Å². The second-order valence-corrected chi connectivity index (χ2v) is 4.54. The third kappa shape index (κ3) is 1.65. The molecule has 0 radical (unpaired) electrons. The van der Waals surface area contributed by atoms with E-state index in [1.165, 1.54) is 11.3 Å². The molecular formula is C12H10O3S. The van der Waals surface area contributed by atoms with Crippen molar-refractivity contribution in [3.63, 3.8) is 0 Å². The summed E-state index contributed by atoms with van der Waals surface area (Å²) in [6, 6.07) is 1.62. The Morgan fingerprint density at radius 3 is 2.75 bits per heavy atom. The predicted octanol–water partition coefficient (Wildman–Crippen LogP) is 2.27. The van der Waals surface area contributed by atoms with E-state index >= 15 is 0 Å². The van der Waals surface area contributed by atoms with Crippen LogP contribution in [0.2, 0.25) is 0 Å². The Labute approximate surface area is 96.8 Å². The molecule has 1 heterocycles. The van der Waals surface area contributed by atoms with E-state index in [-0.39, 0.29) is 11.4 Å². The van der Waals surface area contributed by atoms with Crippen LogP contribution in [-0.4, -0.2) is 17.3 Å². The lowest BCUT2D eigenvalue weighted by atomic mass is 9.91. The zero-order chi connectivity index (χ0) is 11.7. The summed E-state index contributed by atoms with van der Waals surface area (Å²) in [4.78, 5) is 35.7. The first-order valence-corrected chi connectivity index (χ1v) is 5.94. The molecule has 0 amide bonds. The van der Waals surface area contributed by atoms with Crippen LogP contribution in [0.5, 0.6) is 0 Å². The molecule has 2 rings (SSSR count). The lowest BCUT2D eigenvalue weighted by Crippen LogP contribution is -2.24. The van der Waals surface area contributed by atoms with Crippen LogP contribution in [0.15, 0.2) is 17.0 Å². The third-order valence-electron chi connectivity index (χ3n) is 2.44. The molecule has 0 N–H and O–H groups in total. The highest BCUT2D eigenvalue weighted by Crippen LogP contribution is 2.27. The van der Waals surface area contributed by atoms with E-state index in [9.17, 15) is 14.4 Å². The SMILES string of the molecule is CCCC(=O)C1=Cc2sccc2C(=O)C1=O. The molecule has 0 atom stereocenters. The number of carbonyl (C=O) groups excluding carboxylic acids is 3. The van der Waals surface area contributed by atoms with Gasteiger partial charge in [-0.15, -0.1) is 11.3 Å². The maximum Gasteiger partial charge on any atom is 0.237 e. The summed E-state index contributed by atoms with van der Waals surface area (Å²) >= 11 is 1.37. The van der Waals surface area contributed by atoms with E-state index in [1.54, 1.807) is 17.5 Å². The topological polar surface area (TPSA) is 51.2 Å². The zero-order valence-corrected chi connectivity index (χ0v) is 9.60. The number of carbonyl (C=O) groups is 3. The monoisotopic (exact) mass is 234 g/mol. The Balaban J connectivity index is 2.45. The van der Waals surface area contributed by atoms with E-state index in [2.05, 4.69) is 0 Å². The first-order valence-electron chi connectivity index (χ1n) is 5.06. The van der Waals surface area contributed by atoms with Gasteiger partial charge in [0, 0.05) is 16.9 Å². The smallest absolute Gasteiger partial charge is 0.237 e. The summed E-state index contributed by atoms with van der Waals surface area (Å²) in [5, 5.41) is 1.75. The van der Waals surface area contributed by atoms with Gasteiger partial charge in [-0.25, -0.2) is 0 Å². The maximum absolute atomic E-state index is 11.7. The molecule has 16 heavy (non-hydrogen) atoms. The molecule has 1 aromatic heterocycles. The fourth-order valence-corrected chi connectivity index (χ4v) is 2.45. The van der Waals surface area contributed by atoms with Gasteiger partial charge in [-0.1, -0.05) is 6.92 Å². The van der Waals surface area contributed by atoms with E-state index < -0.39 is 11.6 Å². The van der Waals surface area contributed by atoms with Gasteiger partial charge in [0.05, 0.1) is 5.57 Å². The van der Waals surface area contributed by atoms with Crippen LogP contribution >= 0.6 is 11.3 Å². The molecule has 0 spiro atoms. The molecular weight excluding hydrogens is 224 g/mol. The first-order chi connectivity index (χ1) is 7.65. The number of allylic oxidation sites excluding steroid dienone is 1. The van der Waals surface area contributed by atoms with Gasteiger partial charge < -0.3 is 0 Å². The highest BCUT2D eigenvalue weighted by atomic mass is 32.1. The van der Waals surface area contributed by atoms with Gasteiger partial charge in [0.25, 0.3) is 0 Å². The van der Waals surface area contributed by atoms with E-state index in [0.29, 0.717) is 23.3 Å². The normalized spacial score (nSPS) is 14.7. The van der Waals surface area contributed by atoms with E-state index in [1.807, 2.05) is 6.92 Å². The quantitative estimate of drug-likeness (QED) is 0.595. The Bertz CT molecular complexity index is 508. The number of hydrogen-bond donors (Lipinski definition) is 0. The van der Waals surface area contributed by atoms with Crippen LogP contribution in [0.4, 0.5) is 0 Å². The zero-order valence-electron chi connectivity index (χ0n) is 8.78. The van der Waals surface area contributed by atoms with Crippen molar-refractivity contribution in [2.45, 2.75) is 19.8 Å². The van der Waals surface area contributed by atoms with Gasteiger partial charge in [0.2, 0.25) is 11.6 Å². The largest absolute Gasteiger partial charge is 0.294 e. The first kappa shape index (κ1) is 11.0. The number of rotatable bonds is 3. The molecule has 0 fully saturated rings. The maximum atomic E-state index is 11.7. The number of ketones is 3. The Hall–Kier alpha value is -1.55. The Morgan fingerprint density at radius 2 is 2.06 bits per heavy atom. The predicted molar refractivity (Wildman–Crippen MR) is 61.5 cm³/mol. The van der Waals surface area contributed by atoms with Crippen molar-refractivity contribution in [1.29, 1.82) is 0 Å². The van der Waals surface area contributed by atoms with Crippen molar-refractivity contribution < 1.29 is 14.4 Å². The highest BCUT2D eigenvalue weighted by molar-refractivity contribution is 7.11. The fraction of sp³-hybridized carbons (Fsp3) is 0.250. The lowest BCUT2D eigenvalue weighted by molar-refractivity contribution is -0.119. The minimum Gasteiger partial charge on any atom is -0.294 e. The minimum atomic E-state index is -0.663. The van der Waals surface area contributed by atoms with Gasteiger partial charge in [-0.3, -0.25) is 14.4 Å². The standard InChI is InChI=1S/C12H10O3S/c1-2-3-9(13)8-6-10-7(4-5-16-10)11(14)12(8)15/h4-6H,2-3H2,1H3. The molecule has 0 aromatic carbocycles. The highest BCUT2D eigenvalue weighted by Gasteiger charge is 2.31. The molecule has 4 heteroatoms. The molecule has 1 aliphatic rings. The van der Waals surface area contributed by atoms with Crippen molar-refractivity contribution in [2.24, 2.45) is 0 Å². The minimum absolute atomic E-state index is 0.0433. The molecule has 3 nitrogen and oxygen atoms in total. The van der Waals surface area contributed by atoms with Gasteiger partial charge in [0.1, 0.15) is 0 Å². The van der Waals surface area contributed by atoms with Crippen LogP contribution in [0.3, 0.4) is 0 Å². The second kappa shape index (κ2) is 4.14. The van der Waals surface area contributed by atoms with Crippen molar-refractivity contribution >= 4 is 34.8 Å². The van der Waals surface area contributed by atoms with Crippen LogP contribution in [-0.2, 0) is 9.59 Å². The van der Waals surface area contributed by atoms with Gasteiger partial charge >= 0.3 is 0 Å². The second-order valence-electron chi connectivity index (χ2n) is 3.59. The number of hydrogen-bond acceptors (Lipinski definition) is 4. The van der Waals surface area contributed by atoms with Crippen molar-refractivity contribution in [2.75, 3.05) is 0 Å². The fourth-order valence-electron chi connectivity index (χ4n) is 1.63. The number of fused-ring (bicyclic) bond motifs is 1. The van der Waals surface area contributed by atoms with Gasteiger partial charge in [-0.05, 0) is 23.9 Å². The molecule has 0 saturated heterocycles. The summed E-state index contributed by atoms with van der Waals surface area (Å²) in [5.41, 5.74) is 0.463. The number of thiophene rings is 1.